The van der Waals surface area contributed by atoms with E-state index in [-0.39, 0.29) is 5.92 Å². The number of piperidine rings is 1. The molecule has 1 N–H and O–H groups in total. The number of quaternary nitrogens is 1. The van der Waals surface area contributed by atoms with Crippen LogP contribution in [0.3, 0.4) is 0 Å². The molecule has 0 amide bonds. The summed E-state index contributed by atoms with van der Waals surface area (Å²) in [6.45, 7) is 5.13. The van der Waals surface area contributed by atoms with Gasteiger partial charge in [-0.25, -0.2) is 0 Å². The molecule has 0 spiro atoms. The highest BCUT2D eigenvalue weighted by Gasteiger charge is 2.46. The Morgan fingerprint density at radius 2 is 2.00 bits per heavy atom. The highest BCUT2D eigenvalue weighted by molar-refractivity contribution is 5.11. The molecule has 1 saturated heterocycles. The SMILES string of the molecule is C#C[C@]1(O)C[C@@H](C)[N+](C)(C)C[C@@H]1C. The molecule has 0 radical (unpaired) electrons. The minimum Gasteiger partial charge on any atom is -0.377 e. The van der Waals surface area contributed by atoms with Crippen LogP contribution in [-0.4, -0.2) is 41.9 Å². The van der Waals surface area contributed by atoms with Gasteiger partial charge in [0.1, 0.15) is 5.60 Å². The van der Waals surface area contributed by atoms with Crippen molar-refractivity contribution in [3.8, 4) is 12.3 Å². The molecule has 0 aromatic heterocycles. The van der Waals surface area contributed by atoms with Gasteiger partial charge in [0.15, 0.2) is 0 Å². The van der Waals surface area contributed by atoms with E-state index in [9.17, 15) is 5.11 Å². The predicted molar refractivity (Wildman–Crippen MR) is 54.0 cm³/mol. The lowest BCUT2D eigenvalue weighted by Crippen LogP contribution is -2.61. The third-order valence-corrected chi connectivity index (χ3v) is 3.61. The lowest BCUT2D eigenvalue weighted by molar-refractivity contribution is -0.923. The zero-order valence-electron chi connectivity index (χ0n) is 9.04. The molecular weight excluding hydrogens is 162 g/mol. The maximum atomic E-state index is 10.1. The highest BCUT2D eigenvalue weighted by Crippen LogP contribution is 2.33. The molecule has 1 heterocycles. The number of terminal acetylenes is 1. The summed E-state index contributed by atoms with van der Waals surface area (Å²) < 4.78 is 0.950. The quantitative estimate of drug-likeness (QED) is 0.435. The summed E-state index contributed by atoms with van der Waals surface area (Å²) in [6.07, 6.45) is 6.08. The normalized spacial score (nSPS) is 44.0. The largest absolute Gasteiger partial charge is 0.377 e. The third-order valence-electron chi connectivity index (χ3n) is 3.61. The van der Waals surface area contributed by atoms with E-state index >= 15 is 0 Å². The van der Waals surface area contributed by atoms with Gasteiger partial charge in [-0.05, 0) is 6.92 Å². The molecule has 0 aliphatic carbocycles. The zero-order valence-corrected chi connectivity index (χ0v) is 9.04. The molecule has 74 valence electrons. The average molecular weight is 182 g/mol. The lowest BCUT2D eigenvalue weighted by Gasteiger charge is -2.48. The van der Waals surface area contributed by atoms with Crippen LogP contribution in [0.25, 0.3) is 0 Å². The predicted octanol–water partition coefficient (Wildman–Crippen LogP) is 0.855. The fraction of sp³-hybridized carbons (Fsp3) is 0.818. The van der Waals surface area contributed by atoms with E-state index in [1.165, 1.54) is 0 Å². The second-order valence-corrected chi connectivity index (χ2v) is 4.98. The zero-order chi connectivity index (χ0) is 10.3. The van der Waals surface area contributed by atoms with Gasteiger partial charge in [0.05, 0.1) is 26.7 Å². The van der Waals surface area contributed by atoms with Crippen molar-refractivity contribution < 1.29 is 9.59 Å². The van der Waals surface area contributed by atoms with Crippen LogP contribution in [0.15, 0.2) is 0 Å². The van der Waals surface area contributed by atoms with Crippen LogP contribution in [0.5, 0.6) is 0 Å². The van der Waals surface area contributed by atoms with Crippen LogP contribution in [0, 0.1) is 18.3 Å². The van der Waals surface area contributed by atoms with Crippen LogP contribution in [0.2, 0.25) is 0 Å². The first-order valence-corrected chi connectivity index (χ1v) is 4.84. The Labute approximate surface area is 81.1 Å². The number of rotatable bonds is 0. The highest BCUT2D eigenvalue weighted by atomic mass is 16.3. The summed E-state index contributed by atoms with van der Waals surface area (Å²) in [4.78, 5) is 0. The summed E-state index contributed by atoms with van der Waals surface area (Å²) >= 11 is 0. The summed E-state index contributed by atoms with van der Waals surface area (Å²) in [6, 6.07) is 0.428. The van der Waals surface area contributed by atoms with Gasteiger partial charge in [0, 0.05) is 12.3 Å². The third kappa shape index (κ3) is 1.72. The van der Waals surface area contributed by atoms with E-state index in [4.69, 9.17) is 6.42 Å². The first kappa shape index (κ1) is 10.6. The number of nitrogens with zero attached hydrogens (tertiary/aromatic N) is 1. The maximum absolute atomic E-state index is 10.1. The molecule has 0 unspecified atom stereocenters. The van der Waals surface area contributed by atoms with Crippen molar-refractivity contribution in [1.29, 1.82) is 0 Å². The van der Waals surface area contributed by atoms with E-state index in [2.05, 4.69) is 26.9 Å². The van der Waals surface area contributed by atoms with Crippen LogP contribution in [0.4, 0.5) is 0 Å². The second-order valence-electron chi connectivity index (χ2n) is 4.98. The molecule has 0 aromatic rings. The monoisotopic (exact) mass is 182 g/mol. The second kappa shape index (κ2) is 3.01. The summed E-state index contributed by atoms with van der Waals surface area (Å²) in [5.74, 6) is 2.73. The van der Waals surface area contributed by atoms with Crippen molar-refractivity contribution in [1.82, 2.24) is 0 Å². The Hall–Kier alpha value is -0.520. The molecule has 3 atom stereocenters. The van der Waals surface area contributed by atoms with Crippen molar-refractivity contribution in [2.45, 2.75) is 31.9 Å². The minimum atomic E-state index is -0.882. The maximum Gasteiger partial charge on any atom is 0.138 e. The van der Waals surface area contributed by atoms with Gasteiger partial charge in [0.25, 0.3) is 0 Å². The van der Waals surface area contributed by atoms with Gasteiger partial charge in [-0.2, -0.15) is 0 Å². The van der Waals surface area contributed by atoms with E-state index in [0.29, 0.717) is 12.5 Å². The molecule has 2 nitrogen and oxygen atoms in total. The summed E-state index contributed by atoms with van der Waals surface area (Å²) in [5, 5.41) is 10.1. The number of likely N-dealkylation sites (tertiary alicyclic amines) is 1. The number of hydrogen-bond acceptors (Lipinski definition) is 1. The van der Waals surface area contributed by atoms with Crippen molar-refractivity contribution in [3.05, 3.63) is 0 Å². The topological polar surface area (TPSA) is 20.2 Å². The Balaban J connectivity index is 2.87. The van der Waals surface area contributed by atoms with Gasteiger partial charge >= 0.3 is 0 Å². The molecule has 2 heteroatoms. The fourth-order valence-corrected chi connectivity index (χ4v) is 2.14. The smallest absolute Gasteiger partial charge is 0.138 e. The Morgan fingerprint density at radius 1 is 1.46 bits per heavy atom. The first-order valence-electron chi connectivity index (χ1n) is 4.84. The van der Waals surface area contributed by atoms with Gasteiger partial charge < -0.3 is 9.59 Å². The van der Waals surface area contributed by atoms with Crippen molar-refractivity contribution >= 4 is 0 Å². The Morgan fingerprint density at radius 3 is 2.46 bits per heavy atom. The average Bonchev–Trinajstić information content (AvgIpc) is 2.01. The van der Waals surface area contributed by atoms with Gasteiger partial charge in [0.2, 0.25) is 0 Å². The van der Waals surface area contributed by atoms with Crippen molar-refractivity contribution in [3.63, 3.8) is 0 Å². The van der Waals surface area contributed by atoms with Crippen LogP contribution < -0.4 is 0 Å². The van der Waals surface area contributed by atoms with Crippen LogP contribution >= 0.6 is 0 Å². The van der Waals surface area contributed by atoms with E-state index in [1.807, 2.05) is 6.92 Å². The molecule has 0 aromatic carbocycles. The summed E-state index contributed by atoms with van der Waals surface area (Å²) in [7, 11) is 4.38. The molecule has 13 heavy (non-hydrogen) atoms. The van der Waals surface area contributed by atoms with E-state index in [0.717, 1.165) is 11.0 Å². The molecule has 0 bridgehead atoms. The Kier molecular flexibility index (Phi) is 2.44. The first-order chi connectivity index (χ1) is 5.82. The number of hydrogen-bond donors (Lipinski definition) is 1. The fourth-order valence-electron chi connectivity index (χ4n) is 2.14. The molecule has 1 fully saturated rings. The van der Waals surface area contributed by atoms with Gasteiger partial charge in [-0.1, -0.05) is 12.8 Å². The lowest BCUT2D eigenvalue weighted by atomic mass is 9.79. The summed E-state index contributed by atoms with van der Waals surface area (Å²) in [5.41, 5.74) is -0.882. The number of aliphatic hydroxyl groups is 1. The Bertz CT molecular complexity index is 241. The molecule has 0 saturated carbocycles. The van der Waals surface area contributed by atoms with E-state index in [1.54, 1.807) is 0 Å². The van der Waals surface area contributed by atoms with Gasteiger partial charge in [-0.3, -0.25) is 0 Å². The van der Waals surface area contributed by atoms with E-state index < -0.39 is 5.60 Å². The molecule has 1 aliphatic rings. The standard InChI is InChI=1S/C11H20NO/c1-6-11(13)7-10(3)12(4,5)8-9(11)2/h1,9-10,13H,7-8H2,2-5H3/q+1/t9-,10+,11-/m0/s1. The molecular formula is C11H20NO+. The van der Waals surface area contributed by atoms with Crippen LogP contribution in [0.1, 0.15) is 20.3 Å². The van der Waals surface area contributed by atoms with Crippen molar-refractivity contribution in [2.24, 2.45) is 5.92 Å². The van der Waals surface area contributed by atoms with Crippen LogP contribution in [-0.2, 0) is 0 Å². The minimum absolute atomic E-state index is 0.184. The van der Waals surface area contributed by atoms with Crippen molar-refractivity contribution in [2.75, 3.05) is 20.6 Å². The van der Waals surface area contributed by atoms with Gasteiger partial charge in [-0.15, -0.1) is 6.42 Å². The molecule has 1 aliphatic heterocycles. The molecule has 1 rings (SSSR count).